The first-order chi connectivity index (χ1) is 9.92. The van der Waals surface area contributed by atoms with Crippen LogP contribution in [0, 0.1) is 10.1 Å². The number of halogens is 1. The minimum atomic E-state index is -0.655. The Labute approximate surface area is 126 Å². The number of ether oxygens (including phenoxy) is 1. The molecule has 0 spiro atoms. The number of amides is 1. The van der Waals surface area contributed by atoms with Crippen molar-refractivity contribution in [2.75, 3.05) is 32.2 Å². The molecule has 0 aromatic heterocycles. The van der Waals surface area contributed by atoms with E-state index >= 15 is 0 Å². The van der Waals surface area contributed by atoms with E-state index in [0.717, 1.165) is 6.07 Å². The molecule has 0 atom stereocenters. The summed E-state index contributed by atoms with van der Waals surface area (Å²) in [4.78, 5) is 23.9. The Hall–Kier alpha value is -1.90. The normalized spacial score (nSPS) is 10.3. The predicted octanol–water partition coefficient (Wildman–Crippen LogP) is 1.64. The lowest BCUT2D eigenvalue weighted by Crippen LogP contribution is -2.30. The van der Waals surface area contributed by atoms with Crippen molar-refractivity contribution < 1.29 is 14.5 Å². The molecule has 9 heteroatoms. The monoisotopic (exact) mass is 316 g/mol. The lowest BCUT2D eigenvalue weighted by atomic mass is 10.1. The van der Waals surface area contributed by atoms with Gasteiger partial charge in [0, 0.05) is 31.8 Å². The third-order valence-corrected chi connectivity index (χ3v) is 3.08. The molecule has 1 aromatic rings. The predicted molar refractivity (Wildman–Crippen MR) is 79.4 cm³/mol. The molecule has 0 aliphatic carbocycles. The molecule has 0 aliphatic rings. The van der Waals surface area contributed by atoms with Gasteiger partial charge in [-0.2, -0.15) is 0 Å². The van der Waals surface area contributed by atoms with Crippen LogP contribution < -0.4 is 11.3 Å². The van der Waals surface area contributed by atoms with Gasteiger partial charge in [0.25, 0.3) is 11.6 Å². The van der Waals surface area contributed by atoms with Crippen molar-refractivity contribution in [1.82, 2.24) is 4.90 Å². The molecule has 21 heavy (non-hydrogen) atoms. The highest BCUT2D eigenvalue weighted by Gasteiger charge is 2.22. The molecular weight excluding hydrogens is 300 g/mol. The summed E-state index contributed by atoms with van der Waals surface area (Å²) in [6.07, 6.45) is 0. The molecule has 8 nitrogen and oxygen atoms in total. The number of nitrogens with one attached hydrogen (secondary N) is 1. The number of likely N-dealkylation sites (N-methyl/N-ethyl adjacent to an activating group) is 1. The summed E-state index contributed by atoms with van der Waals surface area (Å²) in [6, 6.07) is 2.48. The van der Waals surface area contributed by atoms with Crippen LogP contribution in [0.5, 0.6) is 0 Å². The van der Waals surface area contributed by atoms with Gasteiger partial charge in [0.1, 0.15) is 5.69 Å². The van der Waals surface area contributed by atoms with Crippen LogP contribution >= 0.6 is 11.6 Å². The molecular formula is C12H17ClN4O4. The van der Waals surface area contributed by atoms with E-state index in [1.165, 1.54) is 11.0 Å². The number of nitrogens with two attached hydrogens (primary N) is 1. The van der Waals surface area contributed by atoms with Crippen LogP contribution in [0.4, 0.5) is 11.4 Å². The van der Waals surface area contributed by atoms with Crippen molar-refractivity contribution in [3.8, 4) is 0 Å². The number of rotatable bonds is 7. The largest absolute Gasteiger partial charge is 0.380 e. The number of nitro groups is 1. The van der Waals surface area contributed by atoms with E-state index in [1.54, 1.807) is 7.05 Å². The third-order valence-electron chi connectivity index (χ3n) is 2.78. The summed E-state index contributed by atoms with van der Waals surface area (Å²) in [6.45, 7) is 3.16. The lowest BCUT2D eigenvalue weighted by Gasteiger charge is -2.17. The third kappa shape index (κ3) is 4.28. The van der Waals surface area contributed by atoms with Crippen LogP contribution in [0.2, 0.25) is 5.02 Å². The van der Waals surface area contributed by atoms with Gasteiger partial charge < -0.3 is 15.1 Å². The minimum Gasteiger partial charge on any atom is -0.380 e. The van der Waals surface area contributed by atoms with Crippen LogP contribution in [0.3, 0.4) is 0 Å². The number of nitrogen functional groups attached to an aromatic ring is 1. The standard InChI is InChI=1S/C12H17ClN4O4/c1-3-21-5-4-16(2)12(18)8-6-9(13)11(15-14)10(7-8)17(19)20/h6-7,15H,3-5,14H2,1-2H3. The van der Waals surface area contributed by atoms with Crippen LogP contribution in [-0.4, -0.2) is 42.5 Å². The summed E-state index contributed by atoms with van der Waals surface area (Å²) in [7, 11) is 1.58. The Morgan fingerprint density at radius 2 is 2.24 bits per heavy atom. The van der Waals surface area contributed by atoms with Gasteiger partial charge in [-0.15, -0.1) is 0 Å². The summed E-state index contributed by atoms with van der Waals surface area (Å²) >= 11 is 5.91. The van der Waals surface area contributed by atoms with Crippen LogP contribution in [0.15, 0.2) is 12.1 Å². The van der Waals surface area contributed by atoms with E-state index in [-0.39, 0.29) is 27.9 Å². The van der Waals surface area contributed by atoms with E-state index in [0.29, 0.717) is 19.8 Å². The highest BCUT2D eigenvalue weighted by molar-refractivity contribution is 6.34. The molecule has 0 saturated heterocycles. The highest BCUT2D eigenvalue weighted by atomic mass is 35.5. The number of carbonyl (C=O) groups excluding carboxylic acids is 1. The number of hydrogen-bond acceptors (Lipinski definition) is 6. The zero-order chi connectivity index (χ0) is 16.0. The molecule has 0 heterocycles. The summed E-state index contributed by atoms with van der Waals surface area (Å²) in [5.74, 6) is 4.82. The minimum absolute atomic E-state index is 0.00765. The Kier molecular flexibility index (Phi) is 6.35. The van der Waals surface area contributed by atoms with Gasteiger partial charge in [-0.25, -0.2) is 0 Å². The number of anilines is 1. The maximum atomic E-state index is 12.2. The van der Waals surface area contributed by atoms with Crippen LogP contribution in [0.1, 0.15) is 17.3 Å². The van der Waals surface area contributed by atoms with Gasteiger partial charge in [0.05, 0.1) is 16.6 Å². The van der Waals surface area contributed by atoms with Crippen molar-refractivity contribution in [1.29, 1.82) is 0 Å². The van der Waals surface area contributed by atoms with E-state index in [9.17, 15) is 14.9 Å². The molecule has 0 saturated carbocycles. The van der Waals surface area contributed by atoms with E-state index < -0.39 is 4.92 Å². The highest BCUT2D eigenvalue weighted by Crippen LogP contribution is 2.33. The maximum absolute atomic E-state index is 12.2. The van der Waals surface area contributed by atoms with Crippen LogP contribution in [0.25, 0.3) is 0 Å². The van der Waals surface area contributed by atoms with Gasteiger partial charge in [0.2, 0.25) is 0 Å². The Bertz CT molecular complexity index is 538. The van der Waals surface area contributed by atoms with Gasteiger partial charge >= 0.3 is 0 Å². The first kappa shape index (κ1) is 17.2. The van der Waals surface area contributed by atoms with Crippen molar-refractivity contribution in [2.45, 2.75) is 6.92 Å². The van der Waals surface area contributed by atoms with E-state index in [4.69, 9.17) is 22.2 Å². The second-order valence-corrected chi connectivity index (χ2v) is 4.58. The summed E-state index contributed by atoms with van der Waals surface area (Å²) in [5, 5.41) is 11.0. The van der Waals surface area contributed by atoms with Gasteiger partial charge in [-0.3, -0.25) is 20.8 Å². The summed E-state index contributed by atoms with van der Waals surface area (Å²) in [5.41, 5.74) is 1.89. The Morgan fingerprint density at radius 1 is 1.57 bits per heavy atom. The van der Waals surface area contributed by atoms with Crippen LogP contribution in [-0.2, 0) is 4.74 Å². The zero-order valence-electron chi connectivity index (χ0n) is 11.8. The second-order valence-electron chi connectivity index (χ2n) is 4.18. The number of nitrogens with zero attached hydrogens (tertiary/aromatic N) is 2. The van der Waals surface area contributed by atoms with E-state index in [2.05, 4.69) is 5.43 Å². The molecule has 1 rings (SSSR count). The molecule has 0 fully saturated rings. The summed E-state index contributed by atoms with van der Waals surface area (Å²) < 4.78 is 5.16. The number of nitro benzene ring substituents is 1. The second kappa shape index (κ2) is 7.77. The van der Waals surface area contributed by atoms with Crippen molar-refractivity contribution in [3.63, 3.8) is 0 Å². The molecule has 0 radical (unpaired) electrons. The first-order valence-corrected chi connectivity index (χ1v) is 6.57. The smallest absolute Gasteiger partial charge is 0.295 e. The molecule has 1 amide bonds. The quantitative estimate of drug-likeness (QED) is 0.342. The molecule has 3 N–H and O–H groups in total. The number of benzene rings is 1. The SMILES string of the molecule is CCOCCN(C)C(=O)c1cc(Cl)c(NN)c([N+](=O)[O-])c1. The fourth-order valence-electron chi connectivity index (χ4n) is 1.67. The average Bonchev–Trinajstić information content (AvgIpc) is 2.45. The topological polar surface area (TPSA) is 111 Å². The van der Waals surface area contributed by atoms with E-state index in [1.807, 2.05) is 6.92 Å². The molecule has 0 unspecified atom stereocenters. The average molecular weight is 317 g/mol. The number of carbonyl (C=O) groups is 1. The first-order valence-electron chi connectivity index (χ1n) is 6.20. The molecule has 0 aliphatic heterocycles. The zero-order valence-corrected chi connectivity index (χ0v) is 12.5. The van der Waals surface area contributed by atoms with Gasteiger partial charge in [-0.1, -0.05) is 11.6 Å². The van der Waals surface area contributed by atoms with Crippen molar-refractivity contribution >= 4 is 28.9 Å². The van der Waals surface area contributed by atoms with Gasteiger partial charge in [0.15, 0.2) is 0 Å². The molecule has 116 valence electrons. The van der Waals surface area contributed by atoms with Crippen molar-refractivity contribution in [2.24, 2.45) is 5.84 Å². The molecule has 0 bridgehead atoms. The lowest BCUT2D eigenvalue weighted by molar-refractivity contribution is -0.384. The molecule has 1 aromatic carbocycles. The number of hydrogen-bond donors (Lipinski definition) is 2. The van der Waals surface area contributed by atoms with Crippen molar-refractivity contribution in [3.05, 3.63) is 32.8 Å². The fourth-order valence-corrected chi connectivity index (χ4v) is 1.94. The Balaban J connectivity index is 3.02. The Morgan fingerprint density at radius 3 is 2.76 bits per heavy atom. The van der Waals surface area contributed by atoms with Gasteiger partial charge in [-0.05, 0) is 13.0 Å². The number of hydrazine groups is 1. The fraction of sp³-hybridized carbons (Fsp3) is 0.417. The maximum Gasteiger partial charge on any atom is 0.295 e.